The van der Waals surface area contributed by atoms with Crippen molar-refractivity contribution in [3.63, 3.8) is 0 Å². The number of benzene rings is 1. The standard InChI is InChI=1S/C26H33NO5/c1-15-16(2)23-19(11-12-26(4,5)32-23)17(3)20(15)14-18-9-10-22(31-18)24(28)27-13-7-8-21(27)25(29)30-6/h9-10,21H,7-8,11-14H2,1-6H3. The zero-order chi connectivity index (χ0) is 23.2. The van der Waals surface area contributed by atoms with E-state index in [1.165, 1.54) is 34.9 Å². The van der Waals surface area contributed by atoms with Gasteiger partial charge in [0.05, 0.1) is 7.11 Å². The molecule has 2 aliphatic heterocycles. The molecule has 6 heteroatoms. The van der Waals surface area contributed by atoms with Gasteiger partial charge in [-0.2, -0.15) is 0 Å². The highest BCUT2D eigenvalue weighted by atomic mass is 16.5. The Hall–Kier alpha value is -2.76. The van der Waals surface area contributed by atoms with E-state index in [4.69, 9.17) is 13.9 Å². The van der Waals surface area contributed by atoms with E-state index in [1.807, 2.05) is 6.07 Å². The lowest BCUT2D eigenvalue weighted by Gasteiger charge is -2.35. The zero-order valence-electron chi connectivity index (χ0n) is 20.0. The number of rotatable bonds is 4. The first kappa shape index (κ1) is 22.4. The molecule has 1 fully saturated rings. The van der Waals surface area contributed by atoms with E-state index in [2.05, 4.69) is 34.6 Å². The van der Waals surface area contributed by atoms with Gasteiger partial charge in [0.15, 0.2) is 5.76 Å². The van der Waals surface area contributed by atoms with Crippen LogP contribution in [0.25, 0.3) is 0 Å². The number of methoxy groups -OCH3 is 1. The number of esters is 1. The molecule has 1 aromatic heterocycles. The molecule has 4 rings (SSSR count). The fourth-order valence-corrected chi connectivity index (χ4v) is 5.01. The van der Waals surface area contributed by atoms with E-state index >= 15 is 0 Å². The second kappa shape index (κ2) is 8.30. The van der Waals surface area contributed by atoms with Crippen LogP contribution in [0, 0.1) is 20.8 Å². The van der Waals surface area contributed by atoms with Gasteiger partial charge in [0.2, 0.25) is 0 Å². The predicted octanol–water partition coefficient (Wildman–Crippen LogP) is 4.68. The van der Waals surface area contributed by atoms with Crippen LogP contribution < -0.4 is 4.74 Å². The van der Waals surface area contributed by atoms with Gasteiger partial charge in [-0.25, -0.2) is 4.79 Å². The van der Waals surface area contributed by atoms with Crippen LogP contribution in [0.4, 0.5) is 0 Å². The molecule has 0 spiro atoms. The maximum Gasteiger partial charge on any atom is 0.328 e. The fourth-order valence-electron chi connectivity index (χ4n) is 5.01. The first-order valence-electron chi connectivity index (χ1n) is 11.4. The third-order valence-corrected chi connectivity index (χ3v) is 7.10. The number of fused-ring (bicyclic) bond motifs is 1. The molecule has 6 nitrogen and oxygen atoms in total. The van der Waals surface area contributed by atoms with E-state index in [-0.39, 0.29) is 23.2 Å². The number of likely N-dealkylation sites (tertiary alicyclic amines) is 1. The number of ether oxygens (including phenoxy) is 2. The van der Waals surface area contributed by atoms with Gasteiger partial charge in [0.1, 0.15) is 23.2 Å². The van der Waals surface area contributed by atoms with Crippen molar-refractivity contribution >= 4 is 11.9 Å². The molecule has 0 saturated carbocycles. The number of furan rings is 1. The average Bonchev–Trinajstić information content (AvgIpc) is 3.43. The fraction of sp³-hybridized carbons (Fsp3) is 0.538. The highest BCUT2D eigenvalue weighted by Gasteiger charge is 2.36. The third-order valence-electron chi connectivity index (χ3n) is 7.10. The predicted molar refractivity (Wildman–Crippen MR) is 121 cm³/mol. The molecule has 1 atom stereocenters. The second-order valence-corrected chi connectivity index (χ2v) is 9.65. The molecule has 1 aromatic carbocycles. The van der Waals surface area contributed by atoms with Crippen molar-refractivity contribution in [1.82, 2.24) is 4.90 Å². The van der Waals surface area contributed by atoms with Crippen LogP contribution in [0.1, 0.15) is 77.2 Å². The molecular formula is C26H33NO5. The average molecular weight is 440 g/mol. The molecule has 1 unspecified atom stereocenters. The summed E-state index contributed by atoms with van der Waals surface area (Å²) >= 11 is 0. The summed E-state index contributed by atoms with van der Waals surface area (Å²) in [5.74, 6) is 1.41. The van der Waals surface area contributed by atoms with Crippen LogP contribution >= 0.6 is 0 Å². The van der Waals surface area contributed by atoms with Crippen LogP contribution in [0.5, 0.6) is 5.75 Å². The summed E-state index contributed by atoms with van der Waals surface area (Å²) in [6.45, 7) is 11.2. The van der Waals surface area contributed by atoms with Crippen molar-refractivity contribution in [3.05, 3.63) is 51.5 Å². The number of carbonyl (C=O) groups excluding carboxylic acids is 2. The summed E-state index contributed by atoms with van der Waals surface area (Å²) < 4.78 is 17.2. The van der Waals surface area contributed by atoms with E-state index < -0.39 is 6.04 Å². The summed E-state index contributed by atoms with van der Waals surface area (Å²) in [6.07, 6.45) is 4.00. The minimum absolute atomic E-state index is 0.147. The lowest BCUT2D eigenvalue weighted by Crippen LogP contribution is -2.40. The molecule has 0 radical (unpaired) electrons. The Morgan fingerprint density at radius 3 is 2.62 bits per heavy atom. The van der Waals surface area contributed by atoms with E-state index in [1.54, 1.807) is 11.0 Å². The molecule has 32 heavy (non-hydrogen) atoms. The zero-order valence-corrected chi connectivity index (χ0v) is 20.0. The van der Waals surface area contributed by atoms with Crippen LogP contribution in [0.2, 0.25) is 0 Å². The summed E-state index contributed by atoms with van der Waals surface area (Å²) in [4.78, 5) is 26.6. The topological polar surface area (TPSA) is 69.0 Å². The van der Waals surface area contributed by atoms with Crippen molar-refractivity contribution in [2.75, 3.05) is 13.7 Å². The summed E-state index contributed by atoms with van der Waals surface area (Å²) in [5, 5.41) is 0. The Morgan fingerprint density at radius 1 is 1.16 bits per heavy atom. The molecule has 0 N–H and O–H groups in total. The minimum atomic E-state index is -0.530. The normalized spacial score (nSPS) is 19.4. The van der Waals surface area contributed by atoms with Crippen molar-refractivity contribution in [1.29, 1.82) is 0 Å². The van der Waals surface area contributed by atoms with Gasteiger partial charge in [-0.05, 0) is 100 Å². The van der Waals surface area contributed by atoms with Crippen LogP contribution in [0.3, 0.4) is 0 Å². The van der Waals surface area contributed by atoms with Crippen LogP contribution in [-0.4, -0.2) is 42.1 Å². The van der Waals surface area contributed by atoms with Crippen LogP contribution in [0.15, 0.2) is 16.5 Å². The lowest BCUT2D eigenvalue weighted by atomic mass is 9.84. The third kappa shape index (κ3) is 3.91. The molecule has 3 heterocycles. The number of hydrogen-bond acceptors (Lipinski definition) is 5. The Labute approximate surface area is 189 Å². The molecular weight excluding hydrogens is 406 g/mol. The first-order valence-corrected chi connectivity index (χ1v) is 11.4. The molecule has 0 aliphatic carbocycles. The van der Waals surface area contributed by atoms with E-state index in [9.17, 15) is 9.59 Å². The molecule has 1 saturated heterocycles. The SMILES string of the molecule is COC(=O)C1CCCN1C(=O)c1ccc(Cc2c(C)c(C)c3c(c2C)CCC(C)(C)O3)o1. The second-order valence-electron chi connectivity index (χ2n) is 9.65. The Morgan fingerprint density at radius 2 is 1.91 bits per heavy atom. The van der Waals surface area contributed by atoms with Crippen molar-refractivity contribution in [2.24, 2.45) is 0 Å². The van der Waals surface area contributed by atoms with Gasteiger partial charge >= 0.3 is 5.97 Å². The summed E-state index contributed by atoms with van der Waals surface area (Å²) in [7, 11) is 1.35. The lowest BCUT2D eigenvalue weighted by molar-refractivity contribution is -0.145. The molecule has 172 valence electrons. The Kier molecular flexibility index (Phi) is 5.82. The van der Waals surface area contributed by atoms with Crippen LogP contribution in [-0.2, 0) is 22.4 Å². The maximum absolute atomic E-state index is 13.0. The maximum atomic E-state index is 13.0. The van der Waals surface area contributed by atoms with Gasteiger partial charge in [-0.3, -0.25) is 4.79 Å². The highest BCUT2D eigenvalue weighted by Crippen LogP contribution is 2.41. The van der Waals surface area contributed by atoms with Crippen molar-refractivity contribution < 1.29 is 23.5 Å². The first-order chi connectivity index (χ1) is 15.1. The minimum Gasteiger partial charge on any atom is -0.487 e. The van der Waals surface area contributed by atoms with Gasteiger partial charge in [-0.15, -0.1) is 0 Å². The largest absolute Gasteiger partial charge is 0.487 e. The van der Waals surface area contributed by atoms with E-state index in [0.29, 0.717) is 19.4 Å². The van der Waals surface area contributed by atoms with Gasteiger partial charge in [0, 0.05) is 13.0 Å². The molecule has 2 aromatic rings. The Balaban J connectivity index is 1.59. The quantitative estimate of drug-likeness (QED) is 0.647. The number of nitrogens with zero attached hydrogens (tertiary/aromatic N) is 1. The monoisotopic (exact) mass is 439 g/mol. The molecule has 2 aliphatic rings. The summed E-state index contributed by atoms with van der Waals surface area (Å²) in [5.41, 5.74) is 5.98. The van der Waals surface area contributed by atoms with Gasteiger partial charge in [0.25, 0.3) is 5.91 Å². The highest BCUT2D eigenvalue weighted by molar-refractivity contribution is 5.95. The van der Waals surface area contributed by atoms with Gasteiger partial charge in [-0.1, -0.05) is 0 Å². The van der Waals surface area contributed by atoms with Crippen molar-refractivity contribution in [3.8, 4) is 5.75 Å². The Bertz CT molecular complexity index is 1060. The van der Waals surface area contributed by atoms with Crippen molar-refractivity contribution in [2.45, 2.75) is 78.4 Å². The number of amides is 1. The summed E-state index contributed by atoms with van der Waals surface area (Å²) in [6, 6.07) is 3.05. The number of carbonyl (C=O) groups is 2. The van der Waals surface area contributed by atoms with E-state index in [0.717, 1.165) is 30.8 Å². The van der Waals surface area contributed by atoms with Gasteiger partial charge < -0.3 is 18.8 Å². The molecule has 0 bridgehead atoms. The number of hydrogen-bond donors (Lipinski definition) is 0. The smallest absolute Gasteiger partial charge is 0.328 e. The molecule has 1 amide bonds.